The van der Waals surface area contributed by atoms with Crippen LogP contribution >= 0.6 is 15.9 Å². The van der Waals surface area contributed by atoms with Crippen molar-refractivity contribution in [3.05, 3.63) is 57.1 Å². The number of ketones is 1. The van der Waals surface area contributed by atoms with E-state index in [4.69, 9.17) is 9.47 Å². The zero-order valence-electron chi connectivity index (χ0n) is 12.5. The Morgan fingerprint density at radius 3 is 2.19 bits per heavy atom. The number of rotatable bonds is 4. The van der Waals surface area contributed by atoms with Crippen molar-refractivity contribution in [3.63, 3.8) is 0 Å². The zero-order valence-corrected chi connectivity index (χ0v) is 14.1. The Hall–Kier alpha value is -1.81. The van der Waals surface area contributed by atoms with E-state index in [0.717, 1.165) is 15.6 Å². The van der Waals surface area contributed by atoms with Gasteiger partial charge in [0.05, 0.1) is 24.3 Å². The molecule has 0 aromatic heterocycles. The summed E-state index contributed by atoms with van der Waals surface area (Å²) < 4.78 is 11.3. The summed E-state index contributed by atoms with van der Waals surface area (Å²) in [5, 5.41) is 0. The average molecular weight is 349 g/mol. The maximum absolute atomic E-state index is 12.8. The first-order valence-corrected chi connectivity index (χ1v) is 7.30. The van der Waals surface area contributed by atoms with Crippen LogP contribution in [0.15, 0.2) is 34.8 Å². The van der Waals surface area contributed by atoms with Crippen molar-refractivity contribution in [2.75, 3.05) is 14.2 Å². The molecule has 0 saturated heterocycles. The van der Waals surface area contributed by atoms with E-state index in [0.29, 0.717) is 22.6 Å². The molecule has 0 unspecified atom stereocenters. The van der Waals surface area contributed by atoms with E-state index in [1.807, 2.05) is 32.0 Å². The van der Waals surface area contributed by atoms with E-state index in [2.05, 4.69) is 15.9 Å². The summed E-state index contributed by atoms with van der Waals surface area (Å²) in [5.74, 6) is 1.05. The van der Waals surface area contributed by atoms with Crippen LogP contribution in [0.25, 0.3) is 0 Å². The van der Waals surface area contributed by atoms with Crippen LogP contribution in [0.3, 0.4) is 0 Å². The third-order valence-corrected chi connectivity index (χ3v) is 3.96. The van der Waals surface area contributed by atoms with Crippen molar-refractivity contribution in [1.82, 2.24) is 0 Å². The lowest BCUT2D eigenvalue weighted by Gasteiger charge is -2.13. The van der Waals surface area contributed by atoms with Crippen LogP contribution in [0.1, 0.15) is 27.0 Å². The first kappa shape index (κ1) is 15.6. The van der Waals surface area contributed by atoms with Gasteiger partial charge >= 0.3 is 0 Å². The van der Waals surface area contributed by atoms with Crippen molar-refractivity contribution < 1.29 is 14.3 Å². The topological polar surface area (TPSA) is 35.5 Å². The molecular weight excluding hydrogens is 332 g/mol. The fourth-order valence-electron chi connectivity index (χ4n) is 2.25. The fraction of sp³-hybridized carbons (Fsp3) is 0.235. The summed E-state index contributed by atoms with van der Waals surface area (Å²) in [4.78, 5) is 12.8. The number of methoxy groups -OCH3 is 2. The lowest BCUT2D eigenvalue weighted by Crippen LogP contribution is -2.07. The molecule has 4 heteroatoms. The fourth-order valence-corrected chi connectivity index (χ4v) is 2.74. The minimum absolute atomic E-state index is 0.0739. The zero-order chi connectivity index (χ0) is 15.6. The molecular formula is C17H17BrO3. The number of hydrogen-bond donors (Lipinski definition) is 0. The predicted octanol–water partition coefficient (Wildman–Crippen LogP) is 4.31. The van der Waals surface area contributed by atoms with Crippen LogP contribution < -0.4 is 9.47 Å². The van der Waals surface area contributed by atoms with E-state index in [-0.39, 0.29) is 5.78 Å². The number of carbonyl (C=O) groups is 1. The first-order chi connectivity index (χ1) is 9.97. The number of ether oxygens (including phenoxy) is 2. The van der Waals surface area contributed by atoms with Crippen molar-refractivity contribution in [2.24, 2.45) is 0 Å². The third kappa shape index (κ3) is 3.10. The van der Waals surface area contributed by atoms with Gasteiger partial charge in [-0.1, -0.05) is 23.8 Å². The Labute approximate surface area is 133 Å². The molecule has 3 nitrogen and oxygen atoms in total. The number of aryl methyl sites for hydroxylation is 2. The monoisotopic (exact) mass is 348 g/mol. The lowest BCUT2D eigenvalue weighted by molar-refractivity contribution is 0.103. The molecule has 0 saturated carbocycles. The van der Waals surface area contributed by atoms with Gasteiger partial charge in [0.2, 0.25) is 0 Å². The molecule has 0 N–H and O–H groups in total. The standard InChI is InChI=1S/C17H17BrO3/c1-10-5-6-12(11(2)7-10)17(19)13-8-16(21-4)14(18)9-15(13)20-3/h5-9H,1-4H3. The lowest BCUT2D eigenvalue weighted by atomic mass is 9.97. The number of carbonyl (C=O) groups excluding carboxylic acids is 1. The van der Waals surface area contributed by atoms with Crippen molar-refractivity contribution in [3.8, 4) is 11.5 Å². The highest BCUT2D eigenvalue weighted by atomic mass is 79.9. The van der Waals surface area contributed by atoms with Crippen molar-refractivity contribution >= 4 is 21.7 Å². The van der Waals surface area contributed by atoms with Gasteiger partial charge in [-0.2, -0.15) is 0 Å². The normalized spacial score (nSPS) is 10.3. The molecule has 0 fully saturated rings. The molecule has 0 aliphatic rings. The molecule has 2 rings (SSSR count). The Kier molecular flexibility index (Phi) is 4.68. The van der Waals surface area contributed by atoms with Gasteiger partial charge in [-0.15, -0.1) is 0 Å². The molecule has 0 aliphatic carbocycles. The van der Waals surface area contributed by atoms with Gasteiger partial charge in [-0.25, -0.2) is 0 Å². The molecule has 0 radical (unpaired) electrons. The highest BCUT2D eigenvalue weighted by molar-refractivity contribution is 9.10. The van der Waals surface area contributed by atoms with Crippen LogP contribution in [0, 0.1) is 13.8 Å². The number of hydrogen-bond acceptors (Lipinski definition) is 3. The largest absolute Gasteiger partial charge is 0.496 e. The number of benzene rings is 2. The summed E-state index contributed by atoms with van der Waals surface area (Å²) in [6, 6.07) is 9.22. The second kappa shape index (κ2) is 6.31. The van der Waals surface area contributed by atoms with Crippen LogP contribution in [-0.2, 0) is 0 Å². The molecule has 0 aliphatic heterocycles. The highest BCUT2D eigenvalue weighted by Gasteiger charge is 2.19. The molecule has 0 bridgehead atoms. The maximum Gasteiger partial charge on any atom is 0.197 e. The SMILES string of the molecule is COc1cc(C(=O)c2ccc(C)cc2C)c(OC)cc1Br. The van der Waals surface area contributed by atoms with Crippen molar-refractivity contribution in [1.29, 1.82) is 0 Å². The van der Waals surface area contributed by atoms with E-state index < -0.39 is 0 Å². The molecule has 0 spiro atoms. The minimum Gasteiger partial charge on any atom is -0.496 e. The number of halogens is 1. The van der Waals surface area contributed by atoms with E-state index in [9.17, 15) is 4.79 Å². The quantitative estimate of drug-likeness (QED) is 0.772. The third-order valence-electron chi connectivity index (χ3n) is 3.35. The summed E-state index contributed by atoms with van der Waals surface area (Å²) in [5.41, 5.74) is 3.24. The van der Waals surface area contributed by atoms with Crippen LogP contribution in [-0.4, -0.2) is 20.0 Å². The molecule has 0 amide bonds. The Balaban J connectivity index is 2.56. The summed E-state index contributed by atoms with van der Waals surface area (Å²) >= 11 is 3.40. The molecule has 21 heavy (non-hydrogen) atoms. The second-order valence-electron chi connectivity index (χ2n) is 4.83. The van der Waals surface area contributed by atoms with Crippen molar-refractivity contribution in [2.45, 2.75) is 13.8 Å². The van der Waals surface area contributed by atoms with Crippen LogP contribution in [0.5, 0.6) is 11.5 Å². The Morgan fingerprint density at radius 2 is 1.62 bits per heavy atom. The van der Waals surface area contributed by atoms with Gasteiger partial charge in [-0.3, -0.25) is 4.79 Å². The van der Waals surface area contributed by atoms with E-state index in [1.165, 1.54) is 0 Å². The molecule has 0 heterocycles. The second-order valence-corrected chi connectivity index (χ2v) is 5.69. The smallest absolute Gasteiger partial charge is 0.197 e. The Morgan fingerprint density at radius 1 is 0.952 bits per heavy atom. The van der Waals surface area contributed by atoms with Gasteiger partial charge in [0.1, 0.15) is 11.5 Å². The van der Waals surface area contributed by atoms with Gasteiger partial charge in [-0.05, 0) is 47.5 Å². The summed E-state index contributed by atoms with van der Waals surface area (Å²) in [6.07, 6.45) is 0. The summed E-state index contributed by atoms with van der Waals surface area (Å²) in [6.45, 7) is 3.94. The summed E-state index contributed by atoms with van der Waals surface area (Å²) in [7, 11) is 3.12. The van der Waals surface area contributed by atoms with Gasteiger partial charge in [0.25, 0.3) is 0 Å². The minimum atomic E-state index is -0.0739. The molecule has 2 aromatic rings. The van der Waals surface area contributed by atoms with E-state index in [1.54, 1.807) is 26.4 Å². The van der Waals surface area contributed by atoms with Crippen LogP contribution in [0.4, 0.5) is 0 Å². The highest BCUT2D eigenvalue weighted by Crippen LogP contribution is 2.34. The molecule has 110 valence electrons. The first-order valence-electron chi connectivity index (χ1n) is 6.51. The van der Waals surface area contributed by atoms with Crippen LogP contribution in [0.2, 0.25) is 0 Å². The maximum atomic E-state index is 12.8. The Bertz CT molecular complexity index is 693. The van der Waals surface area contributed by atoms with Gasteiger partial charge in [0, 0.05) is 5.56 Å². The average Bonchev–Trinajstić information content (AvgIpc) is 2.46. The molecule has 0 atom stereocenters. The van der Waals surface area contributed by atoms with Gasteiger partial charge < -0.3 is 9.47 Å². The molecule has 2 aromatic carbocycles. The van der Waals surface area contributed by atoms with Gasteiger partial charge in [0.15, 0.2) is 5.78 Å². The van der Waals surface area contributed by atoms with E-state index >= 15 is 0 Å². The predicted molar refractivity (Wildman–Crippen MR) is 86.6 cm³/mol.